The second kappa shape index (κ2) is 10.0. The topological polar surface area (TPSA) is 107 Å². The molecule has 1 N–H and O–H groups in total. The summed E-state index contributed by atoms with van der Waals surface area (Å²) in [5, 5.41) is -0.513. The Hall–Kier alpha value is -2.88. The fraction of sp³-hybridized carbons (Fsp3) is 0.409. The lowest BCUT2D eigenvalue weighted by atomic mass is 9.93. The zero-order valence-corrected chi connectivity index (χ0v) is 21.0. The molecule has 0 unspecified atom stereocenters. The molecule has 1 saturated carbocycles. The molecule has 0 atom stereocenters. The first-order valence-corrected chi connectivity index (χ1v) is 14.1. The van der Waals surface area contributed by atoms with Gasteiger partial charge in [0.05, 0.1) is 20.9 Å². The molecule has 1 aliphatic carbocycles. The van der Waals surface area contributed by atoms with Gasteiger partial charge in [-0.3, -0.25) is 4.79 Å². The van der Waals surface area contributed by atoms with Crippen molar-refractivity contribution < 1.29 is 57.1 Å². The minimum Gasteiger partial charge on any atom is -0.406 e. The third-order valence-electron chi connectivity index (χ3n) is 5.85. The Kier molecular flexibility index (Phi) is 7.82. The summed E-state index contributed by atoms with van der Waals surface area (Å²) >= 11 is 0. The van der Waals surface area contributed by atoms with Crippen LogP contribution in [0.5, 0.6) is 5.75 Å². The highest BCUT2D eigenvalue weighted by Crippen LogP contribution is 2.41. The molecule has 1 amide bonds. The van der Waals surface area contributed by atoms with Crippen molar-refractivity contribution >= 4 is 25.6 Å². The average Bonchev–Trinajstić information content (AvgIpc) is 2.78. The predicted molar refractivity (Wildman–Crippen MR) is 118 cm³/mol. The second-order valence-corrected chi connectivity index (χ2v) is 12.8. The summed E-state index contributed by atoms with van der Waals surface area (Å²) in [5.41, 5.74) is -1.86. The number of benzene rings is 2. The standard InChI is InChI=1S/C22H20F7NO6S2/c1-37(32,33)18-11-13(21(24,25)26)5-6-17(18)19(31)30-14-7-9-20(23,10-8-14)38(34,35)16-4-2-3-15(12-16)36-22(27,28)29/h2-6,11-12,14H,7-10H2,1H3,(H,30,31). The van der Waals surface area contributed by atoms with Crippen molar-refractivity contribution in [1.82, 2.24) is 5.32 Å². The molecule has 16 heteroatoms. The Bertz CT molecular complexity index is 1430. The van der Waals surface area contributed by atoms with Crippen LogP contribution in [0, 0.1) is 0 Å². The Morgan fingerprint density at radius 2 is 1.58 bits per heavy atom. The Labute approximate surface area is 212 Å². The van der Waals surface area contributed by atoms with E-state index in [-0.39, 0.29) is 12.8 Å². The van der Waals surface area contributed by atoms with Crippen molar-refractivity contribution in [1.29, 1.82) is 0 Å². The van der Waals surface area contributed by atoms with Gasteiger partial charge >= 0.3 is 12.5 Å². The molecule has 210 valence electrons. The van der Waals surface area contributed by atoms with Gasteiger partial charge in [-0.2, -0.15) is 13.2 Å². The summed E-state index contributed by atoms with van der Waals surface area (Å²) in [4.78, 5) is 11.1. The van der Waals surface area contributed by atoms with Gasteiger partial charge in [0, 0.05) is 12.3 Å². The summed E-state index contributed by atoms with van der Waals surface area (Å²) < 4.78 is 146. The second-order valence-electron chi connectivity index (χ2n) is 8.64. The molecular formula is C22H20F7NO6S2. The molecule has 7 nitrogen and oxygen atoms in total. The zero-order valence-electron chi connectivity index (χ0n) is 19.4. The lowest BCUT2D eigenvalue weighted by Gasteiger charge is -2.34. The molecule has 1 aliphatic rings. The van der Waals surface area contributed by atoms with Gasteiger partial charge in [-0.15, -0.1) is 13.2 Å². The maximum Gasteiger partial charge on any atom is 0.573 e. The van der Waals surface area contributed by atoms with Gasteiger partial charge in [-0.25, -0.2) is 21.2 Å². The van der Waals surface area contributed by atoms with E-state index in [1.165, 1.54) is 0 Å². The highest BCUT2D eigenvalue weighted by Gasteiger charge is 2.48. The summed E-state index contributed by atoms with van der Waals surface area (Å²) in [5.74, 6) is -1.92. The maximum absolute atomic E-state index is 15.6. The van der Waals surface area contributed by atoms with E-state index in [1.54, 1.807) is 0 Å². The fourth-order valence-corrected chi connectivity index (χ4v) is 6.59. The number of hydrogen-bond donors (Lipinski definition) is 1. The monoisotopic (exact) mass is 591 g/mol. The van der Waals surface area contributed by atoms with Gasteiger partial charge in [0.1, 0.15) is 5.75 Å². The Morgan fingerprint density at radius 3 is 2.11 bits per heavy atom. The van der Waals surface area contributed by atoms with Crippen LogP contribution >= 0.6 is 0 Å². The molecule has 2 aromatic rings. The van der Waals surface area contributed by atoms with Crippen molar-refractivity contribution in [3.05, 3.63) is 53.6 Å². The van der Waals surface area contributed by atoms with Crippen LogP contribution in [0.3, 0.4) is 0 Å². The average molecular weight is 592 g/mol. The largest absolute Gasteiger partial charge is 0.573 e. The van der Waals surface area contributed by atoms with Crippen LogP contribution in [-0.2, 0) is 25.9 Å². The molecule has 0 aliphatic heterocycles. The van der Waals surface area contributed by atoms with Gasteiger partial charge in [0.2, 0.25) is 14.8 Å². The van der Waals surface area contributed by atoms with Gasteiger partial charge in [0.25, 0.3) is 5.91 Å². The van der Waals surface area contributed by atoms with E-state index < -0.39 is 88.7 Å². The van der Waals surface area contributed by atoms with Crippen LogP contribution in [0.1, 0.15) is 41.6 Å². The van der Waals surface area contributed by atoms with Gasteiger partial charge in [-0.05, 0) is 62.1 Å². The number of alkyl halides is 7. The van der Waals surface area contributed by atoms with Crippen LogP contribution in [0.25, 0.3) is 0 Å². The summed E-state index contributed by atoms with van der Waals surface area (Å²) in [7, 11) is -9.07. The van der Waals surface area contributed by atoms with Crippen molar-refractivity contribution in [2.75, 3.05) is 6.26 Å². The number of carbonyl (C=O) groups excluding carboxylic acids is 1. The van der Waals surface area contributed by atoms with Crippen LogP contribution in [-0.4, -0.2) is 46.4 Å². The number of sulfone groups is 2. The SMILES string of the molecule is CS(=O)(=O)c1cc(C(F)(F)F)ccc1C(=O)NC1CCC(F)(S(=O)(=O)c2cccc(OC(F)(F)F)c2)CC1. The zero-order chi connectivity index (χ0) is 28.7. The van der Waals surface area contributed by atoms with Gasteiger partial charge in [0.15, 0.2) is 9.84 Å². The quantitative estimate of drug-likeness (QED) is 0.483. The number of carbonyl (C=O) groups is 1. The molecule has 0 saturated heterocycles. The lowest BCUT2D eigenvalue weighted by molar-refractivity contribution is -0.274. The van der Waals surface area contributed by atoms with E-state index in [0.29, 0.717) is 30.5 Å². The number of amides is 1. The number of nitrogens with one attached hydrogen (secondary N) is 1. The van der Waals surface area contributed by atoms with Crippen molar-refractivity contribution in [2.45, 2.75) is 59.1 Å². The maximum atomic E-state index is 15.6. The molecule has 0 aromatic heterocycles. The van der Waals surface area contributed by atoms with Crippen molar-refractivity contribution in [3.63, 3.8) is 0 Å². The first-order chi connectivity index (χ1) is 17.2. The van der Waals surface area contributed by atoms with E-state index in [1.807, 2.05) is 0 Å². The van der Waals surface area contributed by atoms with E-state index in [2.05, 4.69) is 10.1 Å². The fourth-order valence-electron chi connectivity index (χ4n) is 3.97. The van der Waals surface area contributed by atoms with Crippen LogP contribution < -0.4 is 10.1 Å². The molecule has 0 bridgehead atoms. The highest BCUT2D eigenvalue weighted by atomic mass is 32.2. The third kappa shape index (κ3) is 6.57. The van der Waals surface area contributed by atoms with E-state index in [4.69, 9.17) is 0 Å². The molecule has 0 spiro atoms. The Morgan fingerprint density at radius 1 is 0.974 bits per heavy atom. The highest BCUT2D eigenvalue weighted by molar-refractivity contribution is 7.92. The molecule has 3 rings (SSSR count). The molecule has 0 radical (unpaired) electrons. The van der Waals surface area contributed by atoms with Crippen molar-refractivity contribution in [3.8, 4) is 5.75 Å². The first-order valence-electron chi connectivity index (χ1n) is 10.7. The van der Waals surface area contributed by atoms with E-state index in [9.17, 15) is 48.0 Å². The smallest absolute Gasteiger partial charge is 0.406 e. The van der Waals surface area contributed by atoms with Crippen LogP contribution in [0.4, 0.5) is 30.7 Å². The summed E-state index contributed by atoms with van der Waals surface area (Å²) in [6.45, 7) is 0. The Balaban J connectivity index is 1.76. The first kappa shape index (κ1) is 29.7. The third-order valence-corrected chi connectivity index (χ3v) is 9.23. The van der Waals surface area contributed by atoms with E-state index in [0.717, 1.165) is 18.2 Å². The summed E-state index contributed by atoms with van der Waals surface area (Å²) in [6.07, 6.45) is -11.2. The molecular weight excluding hydrogens is 571 g/mol. The van der Waals surface area contributed by atoms with Crippen molar-refractivity contribution in [2.24, 2.45) is 0 Å². The number of ether oxygens (including phenoxy) is 1. The minimum absolute atomic E-state index is 0.269. The number of halogens is 7. The van der Waals surface area contributed by atoms with Gasteiger partial charge in [-0.1, -0.05) is 6.07 Å². The van der Waals surface area contributed by atoms with Gasteiger partial charge < -0.3 is 10.1 Å². The molecule has 1 fully saturated rings. The summed E-state index contributed by atoms with van der Waals surface area (Å²) in [6, 6.07) is 3.91. The number of rotatable bonds is 6. The number of hydrogen-bond acceptors (Lipinski definition) is 6. The molecule has 2 aromatic carbocycles. The van der Waals surface area contributed by atoms with Crippen LogP contribution in [0.15, 0.2) is 52.3 Å². The van der Waals surface area contributed by atoms with Crippen LogP contribution in [0.2, 0.25) is 0 Å². The van der Waals surface area contributed by atoms with E-state index >= 15 is 4.39 Å². The lowest BCUT2D eigenvalue weighted by Crippen LogP contribution is -2.45. The minimum atomic E-state index is -5.10. The normalized spacial score (nSPS) is 21.1. The molecule has 38 heavy (non-hydrogen) atoms. The predicted octanol–water partition coefficient (Wildman–Crippen LogP) is 4.82. The molecule has 0 heterocycles.